The number of aliphatic hydroxyl groups is 1. The van der Waals surface area contributed by atoms with Gasteiger partial charge >= 0.3 is 0 Å². The number of unbranched alkanes of at least 4 members (excludes halogenated alkanes) is 1. The number of benzene rings is 1. The fraction of sp³-hybridized carbons (Fsp3) is 0.474. The quantitative estimate of drug-likeness (QED) is 0.617. The van der Waals surface area contributed by atoms with Crippen molar-refractivity contribution in [3.8, 4) is 0 Å². The van der Waals surface area contributed by atoms with Crippen LogP contribution < -0.4 is 10.6 Å². The predicted molar refractivity (Wildman–Crippen MR) is 101 cm³/mol. The van der Waals surface area contributed by atoms with Crippen LogP contribution in [0.5, 0.6) is 0 Å². The van der Waals surface area contributed by atoms with Crippen LogP contribution in [0.4, 0.5) is 5.69 Å². The molecule has 0 bridgehead atoms. The van der Waals surface area contributed by atoms with Crippen molar-refractivity contribution in [1.82, 2.24) is 10.2 Å². The van der Waals surface area contributed by atoms with Crippen molar-refractivity contribution in [1.29, 1.82) is 0 Å². The molecule has 1 aliphatic heterocycles. The molecular formula is C19H27N3O5. The molecule has 1 aromatic rings. The highest BCUT2D eigenvalue weighted by Gasteiger charge is 2.27. The summed E-state index contributed by atoms with van der Waals surface area (Å²) >= 11 is 0. The van der Waals surface area contributed by atoms with Crippen LogP contribution in [0.25, 0.3) is 0 Å². The highest BCUT2D eigenvalue weighted by molar-refractivity contribution is 6.01. The molecule has 3 N–H and O–H groups in total. The van der Waals surface area contributed by atoms with Gasteiger partial charge in [-0.1, -0.05) is 25.5 Å². The summed E-state index contributed by atoms with van der Waals surface area (Å²) in [5.74, 6) is -0.523. The molecule has 0 aliphatic carbocycles. The molecule has 1 saturated heterocycles. The summed E-state index contributed by atoms with van der Waals surface area (Å²) in [6.07, 6.45) is 2.79. The van der Waals surface area contributed by atoms with Gasteiger partial charge in [-0.2, -0.15) is 0 Å². The van der Waals surface area contributed by atoms with Crippen LogP contribution in [-0.2, 0) is 25.8 Å². The van der Waals surface area contributed by atoms with E-state index in [9.17, 15) is 19.2 Å². The van der Waals surface area contributed by atoms with E-state index in [1.54, 1.807) is 24.3 Å². The number of amides is 4. The minimum Gasteiger partial charge on any atom is -0.392 e. The number of nitrogens with zero attached hydrogens (tertiary/aromatic N) is 1. The molecule has 1 aliphatic rings. The highest BCUT2D eigenvalue weighted by Crippen LogP contribution is 2.12. The lowest BCUT2D eigenvalue weighted by atomic mass is 10.2. The zero-order valence-corrected chi connectivity index (χ0v) is 15.8. The molecule has 8 nitrogen and oxygen atoms in total. The molecule has 8 heteroatoms. The standard InChI is InChI=1S/C11H14N2O3.C8H13NO2/c1-8(15)12-6-11(16)13-10-4-2-9(7-14)3-5-10;1-2-3-6-9-7(10)4-5-8(9)11/h2-5,14H,6-7H2,1H3,(H,12,15)(H,13,16);2-6H2,1H3. The SMILES string of the molecule is CC(=O)NCC(=O)Nc1ccc(CO)cc1.CCCCN1C(=O)CCC1=O. The minimum absolute atomic E-state index is 0.00319. The van der Waals surface area contributed by atoms with Crippen LogP contribution in [0, 0.1) is 0 Å². The molecular weight excluding hydrogens is 350 g/mol. The third-order valence-corrected chi connectivity index (χ3v) is 3.81. The van der Waals surface area contributed by atoms with Crippen molar-refractivity contribution in [2.75, 3.05) is 18.4 Å². The number of hydrogen-bond donors (Lipinski definition) is 3. The van der Waals surface area contributed by atoms with E-state index < -0.39 is 0 Å². The number of carbonyl (C=O) groups excluding carboxylic acids is 4. The molecule has 27 heavy (non-hydrogen) atoms. The molecule has 0 spiro atoms. The predicted octanol–water partition coefficient (Wildman–Crippen LogP) is 1.19. The van der Waals surface area contributed by atoms with E-state index in [-0.39, 0.29) is 36.8 Å². The van der Waals surface area contributed by atoms with Gasteiger partial charge in [-0.3, -0.25) is 24.1 Å². The molecule has 0 atom stereocenters. The maximum atomic E-state index is 11.3. The number of likely N-dealkylation sites (tertiary alicyclic amines) is 1. The smallest absolute Gasteiger partial charge is 0.243 e. The van der Waals surface area contributed by atoms with Crippen molar-refractivity contribution in [3.63, 3.8) is 0 Å². The number of aliphatic hydroxyl groups excluding tert-OH is 1. The summed E-state index contributed by atoms with van der Waals surface area (Å²) in [4.78, 5) is 45.2. The normalized spacial score (nSPS) is 13.1. The maximum absolute atomic E-state index is 11.3. The lowest BCUT2D eigenvalue weighted by molar-refractivity contribution is -0.138. The van der Waals surface area contributed by atoms with Crippen molar-refractivity contribution >= 4 is 29.3 Å². The van der Waals surface area contributed by atoms with Gasteiger partial charge in [0.15, 0.2) is 0 Å². The van der Waals surface area contributed by atoms with Gasteiger partial charge in [-0.25, -0.2) is 0 Å². The number of hydrogen-bond acceptors (Lipinski definition) is 5. The molecule has 0 radical (unpaired) electrons. The van der Waals surface area contributed by atoms with E-state index in [1.807, 2.05) is 6.92 Å². The van der Waals surface area contributed by atoms with Crippen molar-refractivity contribution in [2.24, 2.45) is 0 Å². The molecule has 148 valence electrons. The Hall–Kier alpha value is -2.74. The Kier molecular flexibility index (Phi) is 9.74. The zero-order valence-electron chi connectivity index (χ0n) is 15.8. The average molecular weight is 377 g/mol. The van der Waals surface area contributed by atoms with E-state index in [2.05, 4.69) is 10.6 Å². The van der Waals surface area contributed by atoms with Gasteiger partial charge in [0.25, 0.3) is 0 Å². The van der Waals surface area contributed by atoms with Gasteiger partial charge in [0, 0.05) is 32.0 Å². The fourth-order valence-electron chi connectivity index (χ4n) is 2.29. The Balaban J connectivity index is 0.000000289. The zero-order chi connectivity index (χ0) is 20.2. The number of carbonyl (C=O) groups is 4. The summed E-state index contributed by atoms with van der Waals surface area (Å²) in [6, 6.07) is 6.82. The molecule has 4 amide bonds. The van der Waals surface area contributed by atoms with Gasteiger partial charge in [-0.05, 0) is 24.1 Å². The number of nitrogens with one attached hydrogen (secondary N) is 2. The first kappa shape index (κ1) is 22.3. The Morgan fingerprint density at radius 1 is 1.11 bits per heavy atom. The average Bonchev–Trinajstić information content (AvgIpc) is 2.97. The monoisotopic (exact) mass is 377 g/mol. The molecule has 2 rings (SSSR count). The van der Waals surface area contributed by atoms with Gasteiger partial charge < -0.3 is 15.7 Å². The van der Waals surface area contributed by atoms with Gasteiger partial charge in [-0.15, -0.1) is 0 Å². The van der Waals surface area contributed by atoms with Crippen molar-refractivity contribution in [3.05, 3.63) is 29.8 Å². The van der Waals surface area contributed by atoms with Gasteiger partial charge in [0.2, 0.25) is 23.6 Å². The molecule has 1 heterocycles. The lowest BCUT2D eigenvalue weighted by Crippen LogP contribution is -2.31. The molecule has 0 saturated carbocycles. The van der Waals surface area contributed by atoms with E-state index in [0.717, 1.165) is 18.4 Å². The first-order chi connectivity index (χ1) is 12.9. The van der Waals surface area contributed by atoms with Crippen LogP contribution in [0.1, 0.15) is 45.1 Å². The van der Waals surface area contributed by atoms with E-state index in [1.165, 1.54) is 11.8 Å². The highest BCUT2D eigenvalue weighted by atomic mass is 16.3. The molecule has 0 aromatic heterocycles. The van der Waals surface area contributed by atoms with E-state index in [0.29, 0.717) is 25.1 Å². The minimum atomic E-state index is -0.285. The third-order valence-electron chi connectivity index (χ3n) is 3.81. The summed E-state index contributed by atoms with van der Waals surface area (Å²) in [5.41, 5.74) is 1.41. The first-order valence-electron chi connectivity index (χ1n) is 8.94. The number of imide groups is 1. The number of rotatable bonds is 7. The second-order valence-electron chi connectivity index (χ2n) is 6.11. The fourth-order valence-corrected chi connectivity index (χ4v) is 2.29. The topological polar surface area (TPSA) is 116 Å². The number of anilines is 1. The van der Waals surface area contributed by atoms with E-state index >= 15 is 0 Å². The summed E-state index contributed by atoms with van der Waals surface area (Å²) < 4.78 is 0. The summed E-state index contributed by atoms with van der Waals surface area (Å²) in [5, 5.41) is 13.8. The van der Waals surface area contributed by atoms with Crippen LogP contribution >= 0.6 is 0 Å². The van der Waals surface area contributed by atoms with E-state index in [4.69, 9.17) is 5.11 Å². The Morgan fingerprint density at radius 2 is 1.70 bits per heavy atom. The molecule has 0 unspecified atom stereocenters. The van der Waals surface area contributed by atoms with Crippen molar-refractivity contribution in [2.45, 2.75) is 46.1 Å². The van der Waals surface area contributed by atoms with Crippen LogP contribution in [0.15, 0.2) is 24.3 Å². The summed E-state index contributed by atoms with van der Waals surface area (Å²) in [7, 11) is 0. The van der Waals surface area contributed by atoms with Gasteiger partial charge in [0.1, 0.15) is 0 Å². The summed E-state index contributed by atoms with van der Waals surface area (Å²) in [6.45, 7) is 3.94. The second-order valence-corrected chi connectivity index (χ2v) is 6.11. The van der Waals surface area contributed by atoms with Crippen LogP contribution in [0.2, 0.25) is 0 Å². The van der Waals surface area contributed by atoms with Crippen LogP contribution in [0.3, 0.4) is 0 Å². The molecule has 1 fully saturated rings. The largest absolute Gasteiger partial charge is 0.392 e. The Labute approximate surface area is 158 Å². The first-order valence-corrected chi connectivity index (χ1v) is 8.94. The lowest BCUT2D eigenvalue weighted by Gasteiger charge is -2.11. The Bertz CT molecular complexity index is 642. The van der Waals surface area contributed by atoms with Crippen LogP contribution in [-0.4, -0.2) is 46.7 Å². The van der Waals surface area contributed by atoms with Gasteiger partial charge in [0.05, 0.1) is 13.2 Å². The maximum Gasteiger partial charge on any atom is 0.243 e. The molecule has 1 aromatic carbocycles. The van der Waals surface area contributed by atoms with Crippen molar-refractivity contribution < 1.29 is 24.3 Å². The second kappa shape index (κ2) is 11.8. The third kappa shape index (κ3) is 8.46. The Morgan fingerprint density at radius 3 is 2.19 bits per heavy atom.